The van der Waals surface area contributed by atoms with Gasteiger partial charge < -0.3 is 4.74 Å². The van der Waals surface area contributed by atoms with Gasteiger partial charge in [-0.05, 0) is 50.5 Å². The Bertz CT molecular complexity index is 360. The van der Waals surface area contributed by atoms with Crippen molar-refractivity contribution in [3.63, 3.8) is 0 Å². The lowest BCUT2D eigenvalue weighted by molar-refractivity contribution is 0.00845. The molecule has 108 valence electrons. The molecule has 1 saturated heterocycles. The van der Waals surface area contributed by atoms with Gasteiger partial charge in [0.15, 0.2) is 0 Å². The van der Waals surface area contributed by atoms with Gasteiger partial charge in [-0.3, -0.25) is 16.0 Å². The van der Waals surface area contributed by atoms with Crippen LogP contribution in [0.25, 0.3) is 0 Å². The van der Waals surface area contributed by atoms with E-state index in [9.17, 15) is 0 Å². The summed E-state index contributed by atoms with van der Waals surface area (Å²) in [6.07, 6.45) is 12.4. The minimum Gasteiger partial charge on any atom is -0.378 e. The first-order valence-electron chi connectivity index (χ1n) is 7.33. The maximum Gasteiger partial charge on any atom is 0.0575 e. The van der Waals surface area contributed by atoms with Crippen LogP contribution in [0, 0.1) is 0 Å². The van der Waals surface area contributed by atoms with Gasteiger partial charge in [-0.15, -0.1) is 0 Å². The van der Waals surface area contributed by atoms with Crippen LogP contribution in [0.5, 0.6) is 0 Å². The second kappa shape index (κ2) is 7.62. The molecule has 1 aliphatic rings. The van der Waals surface area contributed by atoms with E-state index in [0.29, 0.717) is 12.1 Å². The predicted molar refractivity (Wildman–Crippen MR) is 75.5 cm³/mol. The minimum atomic E-state index is 0.366. The van der Waals surface area contributed by atoms with Gasteiger partial charge in [-0.2, -0.15) is 5.10 Å². The number of aryl methyl sites for hydroxylation is 2. The maximum absolute atomic E-state index is 5.76. The van der Waals surface area contributed by atoms with Crippen molar-refractivity contribution < 1.29 is 4.74 Å². The van der Waals surface area contributed by atoms with E-state index >= 15 is 0 Å². The number of nitrogens with zero attached hydrogens (tertiary/aromatic N) is 2. The molecule has 2 rings (SSSR count). The Morgan fingerprint density at radius 3 is 3.05 bits per heavy atom. The van der Waals surface area contributed by atoms with Crippen LogP contribution in [0.3, 0.4) is 0 Å². The summed E-state index contributed by atoms with van der Waals surface area (Å²) in [5.74, 6) is 5.65. The highest BCUT2D eigenvalue weighted by Crippen LogP contribution is 2.18. The van der Waals surface area contributed by atoms with E-state index in [1.54, 1.807) is 0 Å². The normalized spacial score (nSPS) is 21.5. The molecule has 2 atom stereocenters. The molecule has 3 N–H and O–H groups in total. The van der Waals surface area contributed by atoms with E-state index in [2.05, 4.69) is 16.7 Å². The Balaban J connectivity index is 1.67. The molecule has 2 heterocycles. The van der Waals surface area contributed by atoms with Gasteiger partial charge in [-0.25, -0.2) is 0 Å². The summed E-state index contributed by atoms with van der Waals surface area (Å²) >= 11 is 0. The van der Waals surface area contributed by atoms with Crippen molar-refractivity contribution in [2.24, 2.45) is 12.9 Å². The summed E-state index contributed by atoms with van der Waals surface area (Å²) in [5.41, 5.74) is 4.21. The second-order valence-electron chi connectivity index (χ2n) is 5.49. The van der Waals surface area contributed by atoms with Gasteiger partial charge in [0.05, 0.1) is 12.3 Å². The molecule has 1 aromatic rings. The Labute approximate surface area is 115 Å². The van der Waals surface area contributed by atoms with E-state index in [4.69, 9.17) is 10.6 Å². The molecular formula is C14H26N4O. The molecule has 5 heteroatoms. The number of hydrogen-bond donors (Lipinski definition) is 2. The van der Waals surface area contributed by atoms with Crippen LogP contribution in [-0.4, -0.2) is 28.5 Å². The molecule has 0 amide bonds. The van der Waals surface area contributed by atoms with Crippen molar-refractivity contribution in [1.29, 1.82) is 0 Å². The first kappa shape index (κ1) is 14.5. The Hall–Kier alpha value is -0.910. The first-order valence-corrected chi connectivity index (χ1v) is 7.33. The fourth-order valence-corrected chi connectivity index (χ4v) is 2.68. The zero-order valence-corrected chi connectivity index (χ0v) is 11.8. The Kier molecular flexibility index (Phi) is 5.82. The monoisotopic (exact) mass is 266 g/mol. The topological polar surface area (TPSA) is 65.1 Å². The van der Waals surface area contributed by atoms with Crippen LogP contribution in [0.4, 0.5) is 0 Å². The molecule has 0 spiro atoms. The van der Waals surface area contributed by atoms with Crippen molar-refractivity contribution in [2.75, 3.05) is 6.61 Å². The summed E-state index contributed by atoms with van der Waals surface area (Å²) < 4.78 is 7.60. The first-order chi connectivity index (χ1) is 9.28. The molecule has 2 unspecified atom stereocenters. The van der Waals surface area contributed by atoms with Crippen LogP contribution < -0.4 is 11.3 Å². The number of aromatic nitrogens is 2. The summed E-state index contributed by atoms with van der Waals surface area (Å²) in [7, 11) is 1.95. The third-order valence-electron chi connectivity index (χ3n) is 3.89. The van der Waals surface area contributed by atoms with Crippen LogP contribution in [-0.2, 0) is 18.2 Å². The maximum atomic E-state index is 5.76. The highest BCUT2D eigenvalue weighted by Gasteiger charge is 2.16. The van der Waals surface area contributed by atoms with Gasteiger partial charge in [0, 0.05) is 25.9 Å². The molecule has 1 aliphatic heterocycles. The molecule has 5 nitrogen and oxygen atoms in total. The minimum absolute atomic E-state index is 0.366. The van der Waals surface area contributed by atoms with Gasteiger partial charge in [-0.1, -0.05) is 0 Å². The lowest BCUT2D eigenvalue weighted by Gasteiger charge is -2.24. The molecule has 19 heavy (non-hydrogen) atoms. The lowest BCUT2D eigenvalue weighted by atomic mass is 9.98. The van der Waals surface area contributed by atoms with E-state index < -0.39 is 0 Å². The summed E-state index contributed by atoms with van der Waals surface area (Å²) in [6.45, 7) is 0.932. The summed E-state index contributed by atoms with van der Waals surface area (Å²) in [6, 6.07) is 0.366. The van der Waals surface area contributed by atoms with Crippen LogP contribution >= 0.6 is 0 Å². The van der Waals surface area contributed by atoms with Crippen molar-refractivity contribution >= 4 is 0 Å². The van der Waals surface area contributed by atoms with Crippen LogP contribution in [0.2, 0.25) is 0 Å². The smallest absolute Gasteiger partial charge is 0.0575 e. The zero-order chi connectivity index (χ0) is 13.5. The molecular weight excluding hydrogens is 240 g/mol. The van der Waals surface area contributed by atoms with Crippen molar-refractivity contribution in [2.45, 2.75) is 57.1 Å². The van der Waals surface area contributed by atoms with E-state index in [0.717, 1.165) is 32.3 Å². The molecule has 0 radical (unpaired) electrons. The molecule has 0 saturated carbocycles. The SMILES string of the molecule is Cn1cc(CCC(CCC2CCCCO2)NN)cn1. The fourth-order valence-electron chi connectivity index (χ4n) is 2.68. The van der Waals surface area contributed by atoms with Crippen LogP contribution in [0.15, 0.2) is 12.4 Å². The van der Waals surface area contributed by atoms with E-state index in [-0.39, 0.29) is 0 Å². The van der Waals surface area contributed by atoms with Gasteiger partial charge >= 0.3 is 0 Å². The van der Waals surface area contributed by atoms with E-state index in [1.807, 2.05) is 17.9 Å². The zero-order valence-electron chi connectivity index (χ0n) is 11.8. The number of hydrazine groups is 1. The molecule has 0 aliphatic carbocycles. The molecule has 1 aromatic heterocycles. The molecule has 0 aromatic carbocycles. The standard InChI is InChI=1S/C14H26N4O/c1-18-11-12(10-16-18)5-6-13(17-15)7-8-14-4-2-3-9-19-14/h10-11,13-14,17H,2-9,15H2,1H3. The summed E-state index contributed by atoms with van der Waals surface area (Å²) in [5, 5.41) is 4.18. The molecule has 1 fully saturated rings. The number of hydrogen-bond acceptors (Lipinski definition) is 4. The van der Waals surface area contributed by atoms with Gasteiger partial charge in [0.1, 0.15) is 0 Å². The Morgan fingerprint density at radius 1 is 1.53 bits per heavy atom. The lowest BCUT2D eigenvalue weighted by Crippen LogP contribution is -2.36. The van der Waals surface area contributed by atoms with Gasteiger partial charge in [0.25, 0.3) is 0 Å². The summed E-state index contributed by atoms with van der Waals surface area (Å²) in [4.78, 5) is 0. The number of nitrogens with one attached hydrogen (secondary N) is 1. The van der Waals surface area contributed by atoms with Crippen molar-refractivity contribution in [3.8, 4) is 0 Å². The highest BCUT2D eigenvalue weighted by atomic mass is 16.5. The highest BCUT2D eigenvalue weighted by molar-refractivity contribution is 5.03. The second-order valence-corrected chi connectivity index (χ2v) is 5.49. The Morgan fingerprint density at radius 2 is 2.42 bits per heavy atom. The number of rotatable bonds is 7. The van der Waals surface area contributed by atoms with E-state index in [1.165, 1.54) is 24.8 Å². The third-order valence-corrected chi connectivity index (χ3v) is 3.89. The average Bonchev–Trinajstić information content (AvgIpc) is 2.86. The molecule has 0 bridgehead atoms. The average molecular weight is 266 g/mol. The van der Waals surface area contributed by atoms with Crippen molar-refractivity contribution in [3.05, 3.63) is 18.0 Å². The number of nitrogens with two attached hydrogens (primary N) is 1. The van der Waals surface area contributed by atoms with Crippen molar-refractivity contribution in [1.82, 2.24) is 15.2 Å². The van der Waals surface area contributed by atoms with Gasteiger partial charge in [0.2, 0.25) is 0 Å². The largest absolute Gasteiger partial charge is 0.378 e. The predicted octanol–water partition coefficient (Wildman–Crippen LogP) is 1.53. The quantitative estimate of drug-likeness (QED) is 0.580. The fraction of sp³-hybridized carbons (Fsp3) is 0.786. The number of ether oxygens (including phenoxy) is 1. The van der Waals surface area contributed by atoms with Crippen LogP contribution in [0.1, 0.15) is 44.1 Å². The third kappa shape index (κ3) is 4.93.